The lowest BCUT2D eigenvalue weighted by molar-refractivity contribution is -0.119. The first-order valence-corrected chi connectivity index (χ1v) is 13.3. The van der Waals surface area contributed by atoms with E-state index >= 15 is 0 Å². The standard InChI is InChI=1S/C23H29N5O4S2/c1-5-15(18(29)25-23-27-26-19(34-23)12(2)3)28-11-24-20-16(21(28)30)13(4)17(33-20)22(31)32-14-9-7-6-8-10-14/h11-12,14-15H,5-10H2,1-4H3,(H,25,27,29). The van der Waals surface area contributed by atoms with Crippen molar-refractivity contribution >= 4 is 49.9 Å². The number of aryl methyl sites for hydroxylation is 1. The summed E-state index contributed by atoms with van der Waals surface area (Å²) in [6, 6.07) is -0.771. The molecule has 1 fully saturated rings. The number of amides is 1. The van der Waals surface area contributed by atoms with Gasteiger partial charge in [0, 0.05) is 5.92 Å². The lowest BCUT2D eigenvalue weighted by Gasteiger charge is -2.21. The van der Waals surface area contributed by atoms with Crippen LogP contribution in [-0.2, 0) is 9.53 Å². The summed E-state index contributed by atoms with van der Waals surface area (Å²) >= 11 is 2.48. The highest BCUT2D eigenvalue weighted by Crippen LogP contribution is 2.30. The summed E-state index contributed by atoms with van der Waals surface area (Å²) < 4.78 is 7.04. The third kappa shape index (κ3) is 4.90. The van der Waals surface area contributed by atoms with Crippen molar-refractivity contribution in [2.45, 2.75) is 84.3 Å². The number of aromatic nitrogens is 4. The zero-order valence-corrected chi connectivity index (χ0v) is 21.4. The first kappa shape index (κ1) is 24.5. The Balaban J connectivity index is 1.59. The van der Waals surface area contributed by atoms with Crippen molar-refractivity contribution in [3.63, 3.8) is 0 Å². The van der Waals surface area contributed by atoms with Crippen LogP contribution in [0, 0.1) is 6.92 Å². The highest BCUT2D eigenvalue weighted by molar-refractivity contribution is 7.20. The second kappa shape index (κ2) is 10.3. The Bertz CT molecular complexity index is 1260. The number of hydrogen-bond donors (Lipinski definition) is 1. The average Bonchev–Trinajstić information content (AvgIpc) is 3.41. The lowest BCUT2D eigenvalue weighted by Crippen LogP contribution is -2.33. The Morgan fingerprint density at radius 3 is 2.59 bits per heavy atom. The second-order valence-electron chi connectivity index (χ2n) is 8.87. The number of rotatable bonds is 7. The van der Waals surface area contributed by atoms with Crippen LogP contribution in [-0.4, -0.2) is 37.7 Å². The van der Waals surface area contributed by atoms with E-state index in [1.807, 2.05) is 20.8 Å². The fourth-order valence-corrected chi connectivity index (χ4v) is 5.93. The molecular formula is C23H29N5O4S2. The van der Waals surface area contributed by atoms with Crippen LogP contribution in [0.3, 0.4) is 0 Å². The Morgan fingerprint density at radius 1 is 1.21 bits per heavy atom. The fraction of sp³-hybridized carbons (Fsp3) is 0.565. The molecular weight excluding hydrogens is 474 g/mol. The van der Waals surface area contributed by atoms with Crippen LogP contribution in [0.15, 0.2) is 11.1 Å². The molecule has 0 bridgehead atoms. The maximum Gasteiger partial charge on any atom is 0.348 e. The molecule has 1 atom stereocenters. The molecule has 182 valence electrons. The van der Waals surface area contributed by atoms with E-state index < -0.39 is 12.0 Å². The Labute approximate surface area is 205 Å². The van der Waals surface area contributed by atoms with E-state index in [2.05, 4.69) is 20.5 Å². The molecule has 0 radical (unpaired) electrons. The van der Waals surface area contributed by atoms with Crippen molar-refractivity contribution in [2.24, 2.45) is 0 Å². The number of anilines is 1. The van der Waals surface area contributed by atoms with Gasteiger partial charge in [-0.05, 0) is 44.6 Å². The van der Waals surface area contributed by atoms with E-state index in [-0.39, 0.29) is 23.5 Å². The van der Waals surface area contributed by atoms with E-state index in [1.165, 1.54) is 28.7 Å². The molecule has 4 rings (SSSR count). The van der Waals surface area contributed by atoms with E-state index in [0.717, 1.165) is 42.0 Å². The van der Waals surface area contributed by atoms with Crippen LogP contribution < -0.4 is 10.9 Å². The van der Waals surface area contributed by atoms with Gasteiger partial charge in [-0.15, -0.1) is 21.5 Å². The second-order valence-corrected chi connectivity index (χ2v) is 10.9. The summed E-state index contributed by atoms with van der Waals surface area (Å²) in [5.74, 6) is -0.553. The quantitative estimate of drug-likeness (QED) is 0.459. The molecule has 3 aromatic heterocycles. The minimum atomic E-state index is -0.771. The molecule has 0 aromatic carbocycles. The minimum Gasteiger partial charge on any atom is -0.458 e. The van der Waals surface area contributed by atoms with E-state index in [0.29, 0.717) is 32.2 Å². The van der Waals surface area contributed by atoms with Crippen LogP contribution in [0.5, 0.6) is 0 Å². The summed E-state index contributed by atoms with van der Waals surface area (Å²) in [4.78, 5) is 44.5. The van der Waals surface area contributed by atoms with Gasteiger partial charge in [-0.25, -0.2) is 9.78 Å². The molecule has 3 aromatic rings. The highest BCUT2D eigenvalue weighted by Gasteiger charge is 2.27. The van der Waals surface area contributed by atoms with Crippen molar-refractivity contribution in [3.8, 4) is 0 Å². The van der Waals surface area contributed by atoms with Gasteiger partial charge in [0.05, 0.1) is 11.7 Å². The highest BCUT2D eigenvalue weighted by atomic mass is 32.1. The zero-order valence-electron chi connectivity index (χ0n) is 19.8. The Hall–Kier alpha value is -2.66. The number of fused-ring (bicyclic) bond motifs is 1. The van der Waals surface area contributed by atoms with Gasteiger partial charge in [0.15, 0.2) is 0 Å². The van der Waals surface area contributed by atoms with Gasteiger partial charge in [0.1, 0.15) is 26.9 Å². The fourth-order valence-electron chi connectivity index (χ4n) is 4.16. The van der Waals surface area contributed by atoms with Gasteiger partial charge in [0.2, 0.25) is 11.0 Å². The SMILES string of the molecule is CCC(C(=O)Nc1nnc(C(C)C)s1)n1cnc2sc(C(=O)OC3CCCCC3)c(C)c2c1=O. The molecule has 1 aliphatic rings. The van der Waals surface area contributed by atoms with E-state index in [1.54, 1.807) is 6.92 Å². The van der Waals surface area contributed by atoms with Crippen molar-refractivity contribution in [3.05, 3.63) is 32.1 Å². The maximum absolute atomic E-state index is 13.4. The number of nitrogens with one attached hydrogen (secondary N) is 1. The molecule has 34 heavy (non-hydrogen) atoms. The first-order valence-electron chi connectivity index (χ1n) is 11.7. The van der Waals surface area contributed by atoms with E-state index in [9.17, 15) is 14.4 Å². The number of thiophene rings is 1. The van der Waals surface area contributed by atoms with Gasteiger partial charge in [0.25, 0.3) is 5.56 Å². The number of carbonyl (C=O) groups is 2. The molecule has 1 amide bonds. The Kier molecular flexibility index (Phi) is 7.42. The third-order valence-electron chi connectivity index (χ3n) is 6.08. The van der Waals surface area contributed by atoms with E-state index in [4.69, 9.17) is 4.74 Å². The monoisotopic (exact) mass is 503 g/mol. The molecule has 1 saturated carbocycles. The summed E-state index contributed by atoms with van der Waals surface area (Å²) in [6.45, 7) is 7.57. The summed E-state index contributed by atoms with van der Waals surface area (Å²) in [6.07, 6.45) is 6.74. The topological polar surface area (TPSA) is 116 Å². The zero-order chi connectivity index (χ0) is 24.4. The summed E-state index contributed by atoms with van der Waals surface area (Å²) in [7, 11) is 0. The van der Waals surface area contributed by atoms with Crippen LogP contribution in [0.1, 0.15) is 91.5 Å². The van der Waals surface area contributed by atoms with Gasteiger partial charge < -0.3 is 4.74 Å². The molecule has 1 N–H and O–H groups in total. The molecule has 0 saturated heterocycles. The molecule has 11 heteroatoms. The number of nitrogens with zero attached hydrogens (tertiary/aromatic N) is 4. The number of hydrogen-bond acceptors (Lipinski definition) is 9. The molecule has 0 aliphatic heterocycles. The van der Waals surface area contributed by atoms with Crippen LogP contribution in [0.2, 0.25) is 0 Å². The molecule has 3 heterocycles. The van der Waals surface area contributed by atoms with Crippen molar-refractivity contribution in [2.75, 3.05) is 5.32 Å². The number of ether oxygens (including phenoxy) is 1. The van der Waals surface area contributed by atoms with Crippen molar-refractivity contribution in [1.82, 2.24) is 19.7 Å². The largest absolute Gasteiger partial charge is 0.458 e. The van der Waals surface area contributed by atoms with Crippen molar-refractivity contribution < 1.29 is 14.3 Å². The van der Waals surface area contributed by atoms with Gasteiger partial charge in [-0.2, -0.15) is 0 Å². The predicted octanol–water partition coefficient (Wildman–Crippen LogP) is 4.82. The lowest BCUT2D eigenvalue weighted by atomic mass is 9.98. The first-order chi connectivity index (χ1) is 16.3. The van der Waals surface area contributed by atoms with Gasteiger partial charge in [-0.1, -0.05) is 38.5 Å². The minimum absolute atomic E-state index is 0.0693. The van der Waals surface area contributed by atoms with Gasteiger partial charge in [-0.3, -0.25) is 19.5 Å². The van der Waals surface area contributed by atoms with Crippen LogP contribution in [0.25, 0.3) is 10.2 Å². The summed E-state index contributed by atoms with van der Waals surface area (Å²) in [5, 5.41) is 12.5. The smallest absolute Gasteiger partial charge is 0.348 e. The summed E-state index contributed by atoms with van der Waals surface area (Å²) in [5.41, 5.74) is 0.200. The maximum atomic E-state index is 13.4. The average molecular weight is 504 g/mol. The van der Waals surface area contributed by atoms with Gasteiger partial charge >= 0.3 is 5.97 Å². The normalized spacial score (nSPS) is 15.6. The molecule has 1 unspecified atom stereocenters. The van der Waals surface area contributed by atoms with Crippen LogP contribution >= 0.6 is 22.7 Å². The molecule has 1 aliphatic carbocycles. The number of carbonyl (C=O) groups excluding carboxylic acids is 2. The number of esters is 1. The molecule has 9 nitrogen and oxygen atoms in total. The Morgan fingerprint density at radius 2 is 1.94 bits per heavy atom. The predicted molar refractivity (Wildman–Crippen MR) is 133 cm³/mol. The third-order valence-corrected chi connectivity index (χ3v) is 8.40. The van der Waals surface area contributed by atoms with Crippen molar-refractivity contribution in [1.29, 1.82) is 0 Å². The van der Waals surface area contributed by atoms with Crippen LogP contribution in [0.4, 0.5) is 5.13 Å². The molecule has 0 spiro atoms.